The summed E-state index contributed by atoms with van der Waals surface area (Å²) in [5, 5.41) is 2.35. The maximum atomic E-state index is 5.99. The molecule has 1 saturated heterocycles. The molecule has 21 heavy (non-hydrogen) atoms. The van der Waals surface area contributed by atoms with E-state index in [1.807, 2.05) is 12.3 Å². The molecule has 2 atom stereocenters. The summed E-state index contributed by atoms with van der Waals surface area (Å²) < 4.78 is 6.60. The van der Waals surface area contributed by atoms with Crippen molar-refractivity contribution in [1.29, 1.82) is 0 Å². The van der Waals surface area contributed by atoms with Gasteiger partial charge in [0.1, 0.15) is 5.82 Å². The molecule has 0 radical (unpaired) electrons. The summed E-state index contributed by atoms with van der Waals surface area (Å²) in [6.07, 6.45) is 4.15. The van der Waals surface area contributed by atoms with Crippen molar-refractivity contribution >= 4 is 32.5 Å². The summed E-state index contributed by atoms with van der Waals surface area (Å²) in [6.45, 7) is 1.55. The molecule has 1 aliphatic heterocycles. The third-order valence-electron chi connectivity index (χ3n) is 4.28. The van der Waals surface area contributed by atoms with Crippen LogP contribution >= 0.6 is 15.9 Å². The van der Waals surface area contributed by atoms with Crippen molar-refractivity contribution in [1.82, 2.24) is 4.98 Å². The first-order valence-electron chi connectivity index (χ1n) is 7.27. The molecule has 112 valence electrons. The number of hydrogen-bond donors (Lipinski definition) is 1. The molecular weight excluding hydrogens is 330 g/mol. The molecule has 2 unspecified atom stereocenters. The molecule has 2 aromatic rings. The van der Waals surface area contributed by atoms with Crippen molar-refractivity contribution in [2.75, 3.05) is 25.1 Å². The van der Waals surface area contributed by atoms with Gasteiger partial charge in [0.05, 0.1) is 6.10 Å². The number of halogens is 1. The number of nitrogens with zero attached hydrogens (tertiary/aromatic N) is 2. The van der Waals surface area contributed by atoms with Gasteiger partial charge in [0.2, 0.25) is 0 Å². The minimum absolute atomic E-state index is 0.279. The van der Waals surface area contributed by atoms with Gasteiger partial charge in [-0.3, -0.25) is 0 Å². The third kappa shape index (κ3) is 2.78. The first-order chi connectivity index (χ1) is 10.2. The fourth-order valence-electron chi connectivity index (χ4n) is 3.11. The molecule has 0 saturated carbocycles. The van der Waals surface area contributed by atoms with Crippen molar-refractivity contribution in [3.05, 3.63) is 34.9 Å². The number of benzene rings is 1. The second-order valence-corrected chi connectivity index (χ2v) is 6.29. The third-order valence-corrected chi connectivity index (χ3v) is 4.97. The maximum absolute atomic E-state index is 5.99. The van der Waals surface area contributed by atoms with Gasteiger partial charge in [0, 0.05) is 47.7 Å². The Morgan fingerprint density at radius 2 is 2.24 bits per heavy atom. The maximum Gasteiger partial charge on any atom is 0.136 e. The fourth-order valence-corrected chi connectivity index (χ4v) is 3.61. The highest BCUT2D eigenvalue weighted by Gasteiger charge is 2.29. The lowest BCUT2D eigenvalue weighted by atomic mass is 9.98. The van der Waals surface area contributed by atoms with Gasteiger partial charge in [-0.25, -0.2) is 4.98 Å². The Bertz CT molecular complexity index is 634. The molecule has 1 aliphatic rings. The van der Waals surface area contributed by atoms with Crippen LogP contribution in [0.1, 0.15) is 12.8 Å². The lowest BCUT2D eigenvalue weighted by molar-refractivity contribution is 0.0708. The molecule has 5 heteroatoms. The van der Waals surface area contributed by atoms with E-state index >= 15 is 0 Å². The van der Waals surface area contributed by atoms with E-state index in [0.29, 0.717) is 12.6 Å². The van der Waals surface area contributed by atoms with E-state index in [4.69, 9.17) is 10.5 Å². The Morgan fingerprint density at radius 3 is 3.00 bits per heavy atom. The molecule has 3 rings (SSSR count). The SMILES string of the molecule is COC1CCN(c2nccc3c(Br)cccc23)C(CN)C1. The van der Waals surface area contributed by atoms with Gasteiger partial charge < -0.3 is 15.4 Å². The number of anilines is 1. The molecule has 4 nitrogen and oxygen atoms in total. The lowest BCUT2D eigenvalue weighted by Gasteiger charge is -2.39. The average molecular weight is 350 g/mol. The lowest BCUT2D eigenvalue weighted by Crippen LogP contribution is -2.49. The van der Waals surface area contributed by atoms with Crippen LogP contribution < -0.4 is 10.6 Å². The molecule has 1 aromatic carbocycles. The normalized spacial score (nSPS) is 22.7. The quantitative estimate of drug-likeness (QED) is 0.925. The summed E-state index contributed by atoms with van der Waals surface area (Å²) in [5.74, 6) is 1.03. The highest BCUT2D eigenvalue weighted by Crippen LogP contribution is 2.33. The smallest absolute Gasteiger partial charge is 0.136 e. The number of piperidine rings is 1. The summed E-state index contributed by atoms with van der Waals surface area (Å²) >= 11 is 3.62. The molecule has 1 fully saturated rings. The highest BCUT2D eigenvalue weighted by atomic mass is 79.9. The van der Waals surface area contributed by atoms with Crippen molar-refractivity contribution in [2.45, 2.75) is 25.0 Å². The van der Waals surface area contributed by atoms with E-state index in [-0.39, 0.29) is 6.04 Å². The predicted molar refractivity (Wildman–Crippen MR) is 89.7 cm³/mol. The monoisotopic (exact) mass is 349 g/mol. The summed E-state index contributed by atoms with van der Waals surface area (Å²) in [6, 6.07) is 8.56. The van der Waals surface area contributed by atoms with E-state index in [1.54, 1.807) is 7.11 Å². The zero-order valence-corrected chi connectivity index (χ0v) is 13.7. The minimum Gasteiger partial charge on any atom is -0.381 e. The Labute approximate surface area is 133 Å². The minimum atomic E-state index is 0.279. The van der Waals surface area contributed by atoms with Gasteiger partial charge in [0.15, 0.2) is 0 Å². The van der Waals surface area contributed by atoms with E-state index in [2.05, 4.69) is 44.0 Å². The van der Waals surface area contributed by atoms with Crippen LogP contribution in [0.4, 0.5) is 5.82 Å². The largest absolute Gasteiger partial charge is 0.381 e. The number of ether oxygens (including phenoxy) is 1. The van der Waals surface area contributed by atoms with Gasteiger partial charge in [0.25, 0.3) is 0 Å². The van der Waals surface area contributed by atoms with E-state index in [1.165, 1.54) is 10.8 Å². The van der Waals surface area contributed by atoms with E-state index in [0.717, 1.165) is 29.7 Å². The number of hydrogen-bond acceptors (Lipinski definition) is 4. The van der Waals surface area contributed by atoms with Gasteiger partial charge in [-0.15, -0.1) is 0 Å². The number of nitrogens with two attached hydrogens (primary N) is 1. The first-order valence-corrected chi connectivity index (χ1v) is 8.06. The summed E-state index contributed by atoms with van der Waals surface area (Å²) in [5.41, 5.74) is 5.99. The molecule has 1 aromatic heterocycles. The van der Waals surface area contributed by atoms with Crippen LogP contribution in [0.5, 0.6) is 0 Å². The Balaban J connectivity index is 2.02. The second-order valence-electron chi connectivity index (χ2n) is 5.43. The van der Waals surface area contributed by atoms with E-state index < -0.39 is 0 Å². The van der Waals surface area contributed by atoms with Crippen molar-refractivity contribution in [3.8, 4) is 0 Å². The number of rotatable bonds is 3. The van der Waals surface area contributed by atoms with Gasteiger partial charge in [-0.2, -0.15) is 0 Å². The number of fused-ring (bicyclic) bond motifs is 1. The van der Waals surface area contributed by atoms with Crippen molar-refractivity contribution in [3.63, 3.8) is 0 Å². The Morgan fingerprint density at radius 1 is 1.38 bits per heavy atom. The van der Waals surface area contributed by atoms with Crippen LogP contribution in [0, 0.1) is 0 Å². The van der Waals surface area contributed by atoms with Crippen LogP contribution in [0.2, 0.25) is 0 Å². The fraction of sp³-hybridized carbons (Fsp3) is 0.438. The highest BCUT2D eigenvalue weighted by molar-refractivity contribution is 9.10. The zero-order chi connectivity index (χ0) is 14.8. The van der Waals surface area contributed by atoms with Crippen LogP contribution in [-0.4, -0.2) is 37.3 Å². The number of pyridine rings is 1. The zero-order valence-electron chi connectivity index (χ0n) is 12.1. The number of aromatic nitrogens is 1. The molecule has 0 aliphatic carbocycles. The van der Waals surface area contributed by atoms with Gasteiger partial charge in [-0.1, -0.05) is 28.1 Å². The molecule has 2 N–H and O–H groups in total. The standard InChI is InChI=1S/C16H20BrN3O/c1-21-12-6-8-20(11(9-12)10-18)16-14-3-2-4-15(17)13(14)5-7-19-16/h2-5,7,11-12H,6,8-10,18H2,1H3. The molecule has 0 spiro atoms. The molecular formula is C16H20BrN3O. The van der Waals surface area contributed by atoms with Crippen LogP contribution in [0.25, 0.3) is 10.8 Å². The predicted octanol–water partition coefficient (Wildman–Crippen LogP) is 2.94. The Hall–Kier alpha value is -1.17. The molecule has 2 heterocycles. The first kappa shape index (κ1) is 14.8. The van der Waals surface area contributed by atoms with Crippen molar-refractivity contribution in [2.24, 2.45) is 5.73 Å². The second kappa shape index (κ2) is 6.30. The van der Waals surface area contributed by atoms with Crippen molar-refractivity contribution < 1.29 is 4.74 Å². The molecule has 0 bridgehead atoms. The Kier molecular flexibility index (Phi) is 4.42. The topological polar surface area (TPSA) is 51.4 Å². The van der Waals surface area contributed by atoms with Crippen LogP contribution in [-0.2, 0) is 4.74 Å². The number of methoxy groups -OCH3 is 1. The van der Waals surface area contributed by atoms with Crippen LogP contribution in [0.3, 0.4) is 0 Å². The average Bonchev–Trinajstić information content (AvgIpc) is 2.54. The van der Waals surface area contributed by atoms with Gasteiger partial charge >= 0.3 is 0 Å². The van der Waals surface area contributed by atoms with Gasteiger partial charge in [-0.05, 0) is 25.0 Å². The van der Waals surface area contributed by atoms with E-state index in [9.17, 15) is 0 Å². The summed E-state index contributed by atoms with van der Waals surface area (Å²) in [7, 11) is 1.78. The molecule has 0 amide bonds. The summed E-state index contributed by atoms with van der Waals surface area (Å²) in [4.78, 5) is 6.97. The van der Waals surface area contributed by atoms with Crippen LogP contribution in [0.15, 0.2) is 34.9 Å².